The van der Waals surface area contributed by atoms with Crippen molar-refractivity contribution in [2.45, 2.75) is 64.6 Å². The average Bonchev–Trinajstić information content (AvgIpc) is 3.15. The molecule has 26 heavy (non-hydrogen) atoms. The van der Waals surface area contributed by atoms with E-state index in [1.165, 1.54) is 24.2 Å². The van der Waals surface area contributed by atoms with Crippen molar-refractivity contribution in [2.75, 3.05) is 6.54 Å². The number of hydrogen-bond donors (Lipinski definition) is 1. The van der Waals surface area contributed by atoms with Crippen molar-refractivity contribution in [1.29, 1.82) is 0 Å². The number of carbonyl (C=O) groups is 1. The van der Waals surface area contributed by atoms with Crippen molar-refractivity contribution in [1.82, 2.24) is 24.6 Å². The van der Waals surface area contributed by atoms with E-state index in [1.807, 2.05) is 10.3 Å². The normalized spacial score (nSPS) is 21.1. The molecular weight excluding hydrogens is 348 g/mol. The van der Waals surface area contributed by atoms with Crippen LogP contribution in [0.2, 0.25) is 0 Å². The van der Waals surface area contributed by atoms with Crippen LogP contribution in [0, 0.1) is 5.92 Å². The van der Waals surface area contributed by atoms with Gasteiger partial charge in [0.25, 0.3) is 5.91 Å². The maximum atomic E-state index is 12.9. The van der Waals surface area contributed by atoms with E-state index in [4.69, 9.17) is 5.73 Å². The van der Waals surface area contributed by atoms with Gasteiger partial charge in [0, 0.05) is 17.8 Å². The Morgan fingerprint density at radius 2 is 2.15 bits per heavy atom. The highest BCUT2D eigenvalue weighted by molar-refractivity contribution is 7.09. The van der Waals surface area contributed by atoms with Crippen LogP contribution in [-0.4, -0.2) is 37.1 Å². The summed E-state index contributed by atoms with van der Waals surface area (Å²) in [4.78, 5) is 19.3. The van der Waals surface area contributed by atoms with Gasteiger partial charge >= 0.3 is 0 Å². The predicted molar refractivity (Wildman–Crippen MR) is 99.9 cm³/mol. The SMILES string of the molecule is CC(C)C[C@H](N)c1nc(C(=O)N2Cc3nnc(C4CC4)n3[C@@H](C)C2)cs1. The van der Waals surface area contributed by atoms with Gasteiger partial charge in [0.15, 0.2) is 5.82 Å². The molecule has 1 fully saturated rings. The van der Waals surface area contributed by atoms with Crippen LogP contribution in [0.4, 0.5) is 0 Å². The number of amides is 1. The summed E-state index contributed by atoms with van der Waals surface area (Å²) in [6, 6.07) is 0.0839. The Morgan fingerprint density at radius 1 is 1.38 bits per heavy atom. The number of nitrogens with two attached hydrogens (primary N) is 1. The van der Waals surface area contributed by atoms with Crippen LogP contribution in [0.15, 0.2) is 5.38 Å². The van der Waals surface area contributed by atoms with E-state index in [0.29, 0.717) is 30.6 Å². The van der Waals surface area contributed by atoms with E-state index < -0.39 is 0 Å². The molecule has 2 N–H and O–H groups in total. The molecule has 1 aliphatic heterocycles. The maximum absolute atomic E-state index is 12.9. The molecule has 0 radical (unpaired) electrons. The quantitative estimate of drug-likeness (QED) is 0.869. The number of thiazole rings is 1. The second kappa shape index (κ2) is 6.74. The van der Waals surface area contributed by atoms with E-state index in [0.717, 1.165) is 23.1 Å². The first-order valence-electron chi connectivity index (χ1n) is 9.38. The molecule has 2 aromatic rings. The number of aromatic nitrogens is 4. The smallest absolute Gasteiger partial charge is 0.273 e. The third kappa shape index (κ3) is 3.27. The number of hydrogen-bond acceptors (Lipinski definition) is 6. The summed E-state index contributed by atoms with van der Waals surface area (Å²) in [5.74, 6) is 2.99. The first-order valence-corrected chi connectivity index (χ1v) is 10.3. The van der Waals surface area contributed by atoms with Gasteiger partial charge in [-0.25, -0.2) is 4.98 Å². The second-order valence-electron chi connectivity index (χ2n) is 7.96. The summed E-state index contributed by atoms with van der Waals surface area (Å²) in [5, 5.41) is 11.4. The molecule has 140 valence electrons. The maximum Gasteiger partial charge on any atom is 0.273 e. The third-order valence-electron chi connectivity index (χ3n) is 5.06. The fourth-order valence-electron chi connectivity index (χ4n) is 3.66. The Labute approximate surface area is 157 Å². The summed E-state index contributed by atoms with van der Waals surface area (Å²) in [7, 11) is 0. The molecule has 2 aromatic heterocycles. The highest BCUT2D eigenvalue weighted by Crippen LogP contribution is 2.41. The molecule has 0 aromatic carbocycles. The topological polar surface area (TPSA) is 89.9 Å². The molecule has 1 amide bonds. The van der Waals surface area contributed by atoms with Crippen molar-refractivity contribution in [3.8, 4) is 0 Å². The first kappa shape index (κ1) is 17.6. The molecule has 0 saturated heterocycles. The minimum Gasteiger partial charge on any atom is -0.328 e. The average molecular weight is 375 g/mol. The van der Waals surface area contributed by atoms with Gasteiger partial charge in [0.2, 0.25) is 0 Å². The molecule has 7 nitrogen and oxygen atoms in total. The Bertz CT molecular complexity index is 808. The molecular formula is C18H26N6OS. The van der Waals surface area contributed by atoms with Gasteiger partial charge in [0.1, 0.15) is 16.5 Å². The van der Waals surface area contributed by atoms with Gasteiger partial charge in [-0.05, 0) is 32.1 Å². The zero-order chi connectivity index (χ0) is 18.4. The largest absolute Gasteiger partial charge is 0.328 e. The van der Waals surface area contributed by atoms with Crippen LogP contribution in [0.1, 0.15) is 85.2 Å². The zero-order valence-corrected chi connectivity index (χ0v) is 16.4. The van der Waals surface area contributed by atoms with Crippen molar-refractivity contribution in [3.05, 3.63) is 27.7 Å². The number of fused-ring (bicyclic) bond motifs is 1. The number of rotatable bonds is 5. The lowest BCUT2D eigenvalue weighted by Crippen LogP contribution is -2.41. The number of nitrogens with zero attached hydrogens (tertiary/aromatic N) is 5. The number of carbonyl (C=O) groups excluding carboxylic acids is 1. The van der Waals surface area contributed by atoms with Crippen molar-refractivity contribution in [3.63, 3.8) is 0 Å². The lowest BCUT2D eigenvalue weighted by Gasteiger charge is -2.32. The van der Waals surface area contributed by atoms with Crippen LogP contribution in [0.25, 0.3) is 0 Å². The molecule has 4 rings (SSSR count). The van der Waals surface area contributed by atoms with E-state index in [2.05, 4.69) is 40.5 Å². The van der Waals surface area contributed by atoms with Gasteiger partial charge in [-0.3, -0.25) is 4.79 Å². The van der Waals surface area contributed by atoms with E-state index in [-0.39, 0.29) is 18.0 Å². The minimum absolute atomic E-state index is 0.0432. The molecule has 0 spiro atoms. The molecule has 2 aliphatic rings. The zero-order valence-electron chi connectivity index (χ0n) is 15.6. The van der Waals surface area contributed by atoms with E-state index in [1.54, 1.807) is 0 Å². The monoisotopic (exact) mass is 374 g/mol. The van der Waals surface area contributed by atoms with Crippen molar-refractivity contribution >= 4 is 17.2 Å². The molecule has 8 heteroatoms. The first-order chi connectivity index (χ1) is 12.4. The predicted octanol–water partition coefficient (Wildman–Crippen LogP) is 2.87. The lowest BCUT2D eigenvalue weighted by atomic mass is 10.1. The Balaban J connectivity index is 1.49. The molecule has 3 heterocycles. The van der Waals surface area contributed by atoms with E-state index >= 15 is 0 Å². The van der Waals surface area contributed by atoms with Gasteiger partial charge < -0.3 is 15.2 Å². The lowest BCUT2D eigenvalue weighted by molar-refractivity contribution is 0.0674. The highest BCUT2D eigenvalue weighted by atomic mass is 32.1. The van der Waals surface area contributed by atoms with Gasteiger partial charge in [-0.2, -0.15) is 0 Å². The summed E-state index contributed by atoms with van der Waals surface area (Å²) in [6.07, 6.45) is 3.27. The van der Waals surface area contributed by atoms with Gasteiger partial charge in [0.05, 0.1) is 18.6 Å². The van der Waals surface area contributed by atoms with Crippen LogP contribution in [-0.2, 0) is 6.54 Å². The highest BCUT2D eigenvalue weighted by Gasteiger charge is 2.36. The third-order valence-corrected chi connectivity index (χ3v) is 6.04. The van der Waals surface area contributed by atoms with Crippen molar-refractivity contribution in [2.24, 2.45) is 11.7 Å². The Morgan fingerprint density at radius 3 is 2.85 bits per heavy atom. The Kier molecular flexibility index (Phi) is 4.56. The minimum atomic E-state index is -0.106. The van der Waals surface area contributed by atoms with Gasteiger partial charge in [-0.15, -0.1) is 21.5 Å². The fourth-order valence-corrected chi connectivity index (χ4v) is 4.47. The van der Waals surface area contributed by atoms with E-state index in [9.17, 15) is 4.79 Å². The molecule has 1 saturated carbocycles. The molecule has 1 aliphatic carbocycles. The van der Waals surface area contributed by atoms with Crippen molar-refractivity contribution < 1.29 is 4.79 Å². The Hall–Kier alpha value is -1.80. The summed E-state index contributed by atoms with van der Waals surface area (Å²) in [6.45, 7) is 7.56. The summed E-state index contributed by atoms with van der Waals surface area (Å²) < 4.78 is 2.23. The standard InChI is InChI=1S/C18H26N6OS/c1-10(2)6-13(19)17-20-14(9-26-17)18(25)23-7-11(3)24-15(8-23)21-22-16(24)12-4-5-12/h9-13H,4-8,19H2,1-3H3/t11-,13-/m0/s1. The van der Waals surface area contributed by atoms with Crippen LogP contribution in [0.5, 0.6) is 0 Å². The molecule has 2 atom stereocenters. The fraction of sp³-hybridized carbons (Fsp3) is 0.667. The molecule has 0 bridgehead atoms. The van der Waals surface area contributed by atoms with Gasteiger partial charge in [-0.1, -0.05) is 13.8 Å². The van der Waals surface area contributed by atoms with Crippen LogP contribution >= 0.6 is 11.3 Å². The summed E-state index contributed by atoms with van der Waals surface area (Å²) >= 11 is 1.48. The van der Waals surface area contributed by atoms with Crippen LogP contribution in [0.3, 0.4) is 0 Å². The molecule has 0 unspecified atom stereocenters. The van der Waals surface area contributed by atoms with Crippen LogP contribution < -0.4 is 5.73 Å². The summed E-state index contributed by atoms with van der Waals surface area (Å²) in [5.41, 5.74) is 6.70. The second-order valence-corrected chi connectivity index (χ2v) is 8.85.